The minimum absolute atomic E-state index is 0.262. The zero-order valence-electron chi connectivity index (χ0n) is 12.0. The number of imidazole rings is 1. The van der Waals surface area contributed by atoms with Gasteiger partial charge in [-0.2, -0.15) is 0 Å². The Kier molecular flexibility index (Phi) is 3.71. The van der Waals surface area contributed by atoms with Crippen LogP contribution in [0.4, 0.5) is 4.39 Å². The van der Waals surface area contributed by atoms with Crippen molar-refractivity contribution in [3.05, 3.63) is 65.2 Å². The summed E-state index contributed by atoms with van der Waals surface area (Å²) in [6, 6.07) is 13.1. The number of aryl methyl sites for hydroxylation is 1. The minimum atomic E-state index is -0.262. The van der Waals surface area contributed by atoms with E-state index in [0.717, 1.165) is 17.9 Å². The number of fused-ring (bicyclic) bond motifs is 1. The van der Waals surface area contributed by atoms with Crippen LogP contribution in [-0.2, 0) is 13.0 Å². The van der Waals surface area contributed by atoms with Crippen molar-refractivity contribution in [2.45, 2.75) is 19.9 Å². The maximum absolute atomic E-state index is 13.4. The zero-order valence-corrected chi connectivity index (χ0v) is 12.0. The van der Waals surface area contributed by atoms with Crippen molar-refractivity contribution in [2.75, 3.05) is 6.54 Å². The summed E-state index contributed by atoms with van der Waals surface area (Å²) in [4.78, 5) is 4.52. The highest BCUT2D eigenvalue weighted by Crippen LogP contribution is 2.19. The molecule has 21 heavy (non-hydrogen) atoms. The average molecular weight is 283 g/mol. The highest BCUT2D eigenvalue weighted by atomic mass is 19.1. The quantitative estimate of drug-likeness (QED) is 0.800. The predicted octanol–water partition coefficient (Wildman–Crippen LogP) is 3.03. The molecule has 3 aromatic rings. The molecule has 0 atom stereocenters. The normalized spacial score (nSPS) is 11.2. The maximum Gasteiger partial charge on any atom is 0.125 e. The highest BCUT2D eigenvalue weighted by Gasteiger charge is 2.11. The number of nitrogens with zero attached hydrogens (tertiary/aromatic N) is 2. The van der Waals surface area contributed by atoms with Crippen LogP contribution in [0.3, 0.4) is 0 Å². The molecule has 0 unspecified atom stereocenters. The molecule has 0 saturated carbocycles. The van der Waals surface area contributed by atoms with Crippen molar-refractivity contribution in [1.29, 1.82) is 0 Å². The molecule has 0 amide bonds. The molecule has 0 bridgehead atoms. The van der Waals surface area contributed by atoms with Crippen LogP contribution in [0.15, 0.2) is 42.5 Å². The third kappa shape index (κ3) is 2.81. The van der Waals surface area contributed by atoms with Crippen LogP contribution in [0.25, 0.3) is 11.0 Å². The molecule has 108 valence electrons. The summed E-state index contributed by atoms with van der Waals surface area (Å²) >= 11 is 0. The first-order valence-corrected chi connectivity index (χ1v) is 7.07. The first-order chi connectivity index (χ1) is 10.2. The van der Waals surface area contributed by atoms with E-state index in [4.69, 9.17) is 5.73 Å². The van der Waals surface area contributed by atoms with E-state index in [0.29, 0.717) is 18.5 Å². The molecule has 0 aliphatic carbocycles. The Bertz CT molecular complexity index is 760. The van der Waals surface area contributed by atoms with E-state index in [2.05, 4.69) is 40.7 Å². The fraction of sp³-hybridized carbons (Fsp3) is 0.235. The van der Waals surface area contributed by atoms with Gasteiger partial charge in [0, 0.05) is 19.0 Å². The van der Waals surface area contributed by atoms with Crippen molar-refractivity contribution in [3.63, 3.8) is 0 Å². The van der Waals surface area contributed by atoms with Crippen molar-refractivity contribution in [1.82, 2.24) is 9.55 Å². The fourth-order valence-electron chi connectivity index (χ4n) is 2.53. The Hall–Kier alpha value is -2.20. The second-order valence-electron chi connectivity index (χ2n) is 5.27. The van der Waals surface area contributed by atoms with E-state index in [1.807, 2.05) is 0 Å². The standard InChI is InChI=1S/C17H18FN3/c1-12-2-4-13(5-3-12)11-21-16-7-6-14(18)10-15(16)20-17(21)8-9-19/h2-7,10H,8-9,11,19H2,1H3. The summed E-state index contributed by atoms with van der Waals surface area (Å²) in [7, 11) is 0. The van der Waals surface area contributed by atoms with Gasteiger partial charge in [-0.25, -0.2) is 9.37 Å². The van der Waals surface area contributed by atoms with Gasteiger partial charge in [-0.15, -0.1) is 0 Å². The first-order valence-electron chi connectivity index (χ1n) is 7.07. The van der Waals surface area contributed by atoms with E-state index in [-0.39, 0.29) is 5.82 Å². The Labute approximate surface area is 123 Å². The van der Waals surface area contributed by atoms with Crippen LogP contribution in [-0.4, -0.2) is 16.1 Å². The molecule has 1 aromatic heterocycles. The summed E-state index contributed by atoms with van der Waals surface area (Å²) in [5, 5.41) is 0. The van der Waals surface area contributed by atoms with Gasteiger partial charge in [-0.3, -0.25) is 0 Å². The largest absolute Gasteiger partial charge is 0.330 e. The molecule has 2 N–H and O–H groups in total. The van der Waals surface area contributed by atoms with E-state index in [1.165, 1.54) is 23.3 Å². The highest BCUT2D eigenvalue weighted by molar-refractivity contribution is 5.76. The molecule has 0 aliphatic heterocycles. The molecule has 3 rings (SSSR count). The summed E-state index contributed by atoms with van der Waals surface area (Å²) in [6.45, 7) is 3.32. The van der Waals surface area contributed by atoms with Crippen molar-refractivity contribution in [2.24, 2.45) is 5.73 Å². The Morgan fingerprint density at radius 3 is 2.62 bits per heavy atom. The second kappa shape index (κ2) is 5.66. The second-order valence-corrected chi connectivity index (χ2v) is 5.27. The Morgan fingerprint density at radius 2 is 1.90 bits per heavy atom. The molecule has 4 heteroatoms. The molecule has 1 heterocycles. The number of nitrogens with two attached hydrogens (primary N) is 1. The lowest BCUT2D eigenvalue weighted by Crippen LogP contribution is -2.10. The monoisotopic (exact) mass is 283 g/mol. The third-order valence-electron chi connectivity index (χ3n) is 3.62. The summed E-state index contributed by atoms with van der Waals surface area (Å²) in [5.41, 5.74) is 9.73. The van der Waals surface area contributed by atoms with Gasteiger partial charge in [0.25, 0.3) is 0 Å². The minimum Gasteiger partial charge on any atom is -0.330 e. The van der Waals surface area contributed by atoms with Crippen LogP contribution in [0, 0.1) is 12.7 Å². The Morgan fingerprint density at radius 1 is 1.14 bits per heavy atom. The molecule has 0 spiro atoms. The lowest BCUT2D eigenvalue weighted by atomic mass is 10.1. The molecule has 0 aliphatic rings. The molecular formula is C17H18FN3. The van der Waals surface area contributed by atoms with Crippen LogP contribution in [0.5, 0.6) is 0 Å². The smallest absolute Gasteiger partial charge is 0.125 e. The number of aromatic nitrogens is 2. The first kappa shape index (κ1) is 13.8. The van der Waals surface area contributed by atoms with Crippen LogP contribution < -0.4 is 5.73 Å². The van der Waals surface area contributed by atoms with E-state index in [1.54, 1.807) is 6.07 Å². The fourth-order valence-corrected chi connectivity index (χ4v) is 2.53. The number of rotatable bonds is 4. The number of hydrogen-bond acceptors (Lipinski definition) is 2. The molecular weight excluding hydrogens is 265 g/mol. The molecule has 0 saturated heterocycles. The average Bonchev–Trinajstić information content (AvgIpc) is 2.79. The molecule has 0 fully saturated rings. The van der Waals surface area contributed by atoms with Gasteiger partial charge < -0.3 is 10.3 Å². The van der Waals surface area contributed by atoms with Gasteiger partial charge >= 0.3 is 0 Å². The van der Waals surface area contributed by atoms with Crippen LogP contribution in [0.1, 0.15) is 17.0 Å². The summed E-state index contributed by atoms with van der Waals surface area (Å²) in [5.74, 6) is 0.639. The zero-order chi connectivity index (χ0) is 14.8. The van der Waals surface area contributed by atoms with E-state index < -0.39 is 0 Å². The number of halogens is 1. The van der Waals surface area contributed by atoms with E-state index in [9.17, 15) is 4.39 Å². The van der Waals surface area contributed by atoms with Gasteiger partial charge in [0.1, 0.15) is 11.6 Å². The van der Waals surface area contributed by atoms with Gasteiger partial charge in [0.05, 0.1) is 11.0 Å². The summed E-state index contributed by atoms with van der Waals surface area (Å²) in [6.07, 6.45) is 0.683. The van der Waals surface area contributed by atoms with Crippen molar-refractivity contribution < 1.29 is 4.39 Å². The van der Waals surface area contributed by atoms with Gasteiger partial charge in [-0.1, -0.05) is 29.8 Å². The Balaban J connectivity index is 2.06. The topological polar surface area (TPSA) is 43.8 Å². The van der Waals surface area contributed by atoms with Gasteiger partial charge in [0.2, 0.25) is 0 Å². The van der Waals surface area contributed by atoms with Crippen molar-refractivity contribution in [3.8, 4) is 0 Å². The number of hydrogen-bond donors (Lipinski definition) is 1. The SMILES string of the molecule is Cc1ccc(Cn2c(CCN)nc3cc(F)ccc32)cc1. The molecule has 2 aromatic carbocycles. The summed E-state index contributed by atoms with van der Waals surface area (Å²) < 4.78 is 15.5. The lowest BCUT2D eigenvalue weighted by Gasteiger charge is -2.09. The maximum atomic E-state index is 13.4. The lowest BCUT2D eigenvalue weighted by molar-refractivity contribution is 0.629. The molecule has 0 radical (unpaired) electrons. The van der Waals surface area contributed by atoms with Gasteiger partial charge in [0.15, 0.2) is 0 Å². The number of benzene rings is 2. The van der Waals surface area contributed by atoms with Gasteiger partial charge in [-0.05, 0) is 31.2 Å². The van der Waals surface area contributed by atoms with Crippen LogP contribution >= 0.6 is 0 Å². The van der Waals surface area contributed by atoms with Crippen molar-refractivity contribution >= 4 is 11.0 Å². The predicted molar refractivity (Wildman–Crippen MR) is 82.7 cm³/mol. The molecule has 3 nitrogen and oxygen atoms in total. The van der Waals surface area contributed by atoms with E-state index >= 15 is 0 Å². The third-order valence-corrected chi connectivity index (χ3v) is 3.62. The van der Waals surface area contributed by atoms with Crippen LogP contribution in [0.2, 0.25) is 0 Å².